The van der Waals surface area contributed by atoms with Gasteiger partial charge in [-0.25, -0.2) is 0 Å². The monoisotopic (exact) mass is 384 g/mol. The number of pyridine rings is 1. The molecule has 2 heterocycles. The summed E-state index contributed by atoms with van der Waals surface area (Å²) in [5, 5.41) is 0.935. The summed E-state index contributed by atoms with van der Waals surface area (Å²) < 4.78 is 3.89. The average molecular weight is 384 g/mol. The predicted octanol–water partition coefficient (Wildman–Crippen LogP) is 3.60. The summed E-state index contributed by atoms with van der Waals surface area (Å²) in [5.74, 6) is -0.529. The number of nitrogens with two attached hydrogens (primary N) is 1. The molecule has 2 aromatic carbocycles. The molecule has 4 aromatic rings. The number of aromatic nitrogens is 2. The van der Waals surface area contributed by atoms with Crippen molar-refractivity contribution >= 4 is 22.6 Å². The normalized spacial score (nSPS) is 10.9. The summed E-state index contributed by atoms with van der Waals surface area (Å²) in [6.07, 6.45) is 3.38. The molecule has 0 spiro atoms. The van der Waals surface area contributed by atoms with Gasteiger partial charge in [0.05, 0.1) is 11.3 Å². The smallest absolute Gasteiger partial charge is 0.254 e. The van der Waals surface area contributed by atoms with E-state index < -0.39 is 5.91 Å². The van der Waals surface area contributed by atoms with Gasteiger partial charge >= 0.3 is 0 Å². The lowest BCUT2D eigenvalue weighted by Gasteiger charge is -2.10. The molecule has 0 saturated heterocycles. The molecule has 144 valence electrons. The van der Waals surface area contributed by atoms with Crippen molar-refractivity contribution in [2.45, 2.75) is 20.0 Å². The zero-order chi connectivity index (χ0) is 20.4. The Morgan fingerprint density at radius 3 is 2.41 bits per heavy atom. The largest absolute Gasteiger partial charge is 0.365 e. The standard InChI is InChI=1S/C24H21N3O2/c1-2-27-20-13-7-6-12-19(20)22(23(27)17-9-4-3-5-10-17)21(28)16-26-14-8-11-18(15-26)24(25)29/h3-15H,2,16H2,1H3,(H-,25,29)/p+1. The van der Waals surface area contributed by atoms with Crippen LogP contribution in [0, 0.1) is 0 Å². The summed E-state index contributed by atoms with van der Waals surface area (Å²) in [6.45, 7) is 2.96. The van der Waals surface area contributed by atoms with Crippen molar-refractivity contribution in [3.8, 4) is 11.3 Å². The third-order valence-corrected chi connectivity index (χ3v) is 5.08. The van der Waals surface area contributed by atoms with Crippen LogP contribution in [-0.2, 0) is 13.1 Å². The SMILES string of the molecule is CCn1c(-c2ccccc2)c(C(=O)C[n+]2cccc(C(N)=O)c2)c2ccccc21. The first kappa shape index (κ1) is 18.6. The summed E-state index contributed by atoms with van der Waals surface area (Å²) in [4.78, 5) is 25.0. The van der Waals surface area contributed by atoms with E-state index in [-0.39, 0.29) is 12.3 Å². The van der Waals surface area contributed by atoms with Crippen molar-refractivity contribution in [1.29, 1.82) is 0 Å². The third kappa shape index (κ3) is 3.43. The van der Waals surface area contributed by atoms with E-state index in [1.165, 1.54) is 0 Å². The van der Waals surface area contributed by atoms with Gasteiger partial charge in [-0.1, -0.05) is 48.5 Å². The van der Waals surface area contributed by atoms with Gasteiger partial charge in [-0.05, 0) is 24.6 Å². The highest BCUT2D eigenvalue weighted by molar-refractivity contribution is 6.13. The molecular formula is C24H22N3O2+. The highest BCUT2D eigenvalue weighted by Gasteiger charge is 2.25. The highest BCUT2D eigenvalue weighted by atomic mass is 16.1. The van der Waals surface area contributed by atoms with Crippen molar-refractivity contribution < 1.29 is 14.2 Å². The first-order valence-electron chi connectivity index (χ1n) is 9.59. The maximum atomic E-state index is 13.5. The second kappa shape index (κ2) is 7.72. The average Bonchev–Trinajstić information content (AvgIpc) is 3.09. The Morgan fingerprint density at radius 2 is 1.69 bits per heavy atom. The molecular weight excluding hydrogens is 362 g/mol. The zero-order valence-corrected chi connectivity index (χ0v) is 16.2. The molecule has 0 radical (unpaired) electrons. The molecule has 0 aliphatic heterocycles. The summed E-state index contributed by atoms with van der Waals surface area (Å²) in [6, 6.07) is 21.3. The number of rotatable bonds is 6. The predicted molar refractivity (Wildman–Crippen MR) is 113 cm³/mol. The molecule has 1 amide bonds. The zero-order valence-electron chi connectivity index (χ0n) is 16.2. The summed E-state index contributed by atoms with van der Waals surface area (Å²) in [7, 11) is 0. The van der Waals surface area contributed by atoms with E-state index in [1.54, 1.807) is 29.1 Å². The maximum Gasteiger partial charge on any atom is 0.254 e. The van der Waals surface area contributed by atoms with Crippen LogP contribution < -0.4 is 10.3 Å². The number of carbonyl (C=O) groups excluding carboxylic acids is 2. The quantitative estimate of drug-likeness (QED) is 0.408. The number of carbonyl (C=O) groups is 2. The van der Waals surface area contributed by atoms with Crippen LogP contribution in [0.2, 0.25) is 0 Å². The third-order valence-electron chi connectivity index (χ3n) is 5.08. The van der Waals surface area contributed by atoms with Crippen LogP contribution in [0.1, 0.15) is 27.6 Å². The molecule has 2 N–H and O–H groups in total. The van der Waals surface area contributed by atoms with Crippen LogP contribution in [0.4, 0.5) is 0 Å². The number of benzene rings is 2. The number of para-hydroxylation sites is 1. The number of amides is 1. The Labute approximate surface area is 169 Å². The first-order chi connectivity index (χ1) is 14.1. The first-order valence-corrected chi connectivity index (χ1v) is 9.59. The second-order valence-electron chi connectivity index (χ2n) is 6.90. The number of Topliss-reactive ketones (excluding diaryl/α,β-unsaturated/α-hetero) is 1. The van der Waals surface area contributed by atoms with Gasteiger partial charge in [-0.15, -0.1) is 0 Å². The van der Waals surface area contributed by atoms with Crippen molar-refractivity contribution in [3.63, 3.8) is 0 Å². The lowest BCUT2D eigenvalue weighted by Crippen LogP contribution is -2.38. The van der Waals surface area contributed by atoms with Gasteiger partial charge in [0.25, 0.3) is 5.91 Å². The number of primary amides is 1. The number of ketones is 1. The lowest BCUT2D eigenvalue weighted by atomic mass is 10.0. The van der Waals surface area contributed by atoms with E-state index in [0.29, 0.717) is 11.1 Å². The molecule has 29 heavy (non-hydrogen) atoms. The van der Waals surface area contributed by atoms with Gasteiger partial charge in [0.2, 0.25) is 12.3 Å². The number of aryl methyl sites for hydroxylation is 1. The van der Waals surface area contributed by atoms with E-state index in [4.69, 9.17) is 5.73 Å². The topological polar surface area (TPSA) is 69.0 Å². The lowest BCUT2D eigenvalue weighted by molar-refractivity contribution is -0.683. The molecule has 0 aliphatic carbocycles. The Balaban J connectivity index is 1.87. The Bertz CT molecular complexity index is 1210. The molecule has 0 bridgehead atoms. The molecule has 5 heteroatoms. The van der Waals surface area contributed by atoms with Crippen molar-refractivity contribution in [2.24, 2.45) is 5.73 Å². The maximum absolute atomic E-state index is 13.5. The van der Waals surface area contributed by atoms with Gasteiger partial charge in [0.15, 0.2) is 12.4 Å². The van der Waals surface area contributed by atoms with Gasteiger partial charge in [0, 0.05) is 23.5 Å². The minimum atomic E-state index is -0.514. The molecule has 2 aromatic heterocycles. The number of hydrogen-bond donors (Lipinski definition) is 1. The molecule has 4 rings (SSSR count). The molecule has 0 fully saturated rings. The van der Waals surface area contributed by atoms with Gasteiger partial charge < -0.3 is 10.3 Å². The van der Waals surface area contributed by atoms with Crippen LogP contribution in [0.5, 0.6) is 0 Å². The Kier molecular flexibility index (Phi) is 4.96. The highest BCUT2D eigenvalue weighted by Crippen LogP contribution is 2.34. The molecule has 0 saturated carbocycles. The van der Waals surface area contributed by atoms with Crippen LogP contribution in [-0.4, -0.2) is 16.3 Å². The van der Waals surface area contributed by atoms with E-state index in [0.717, 1.165) is 28.7 Å². The van der Waals surface area contributed by atoms with Gasteiger partial charge in [0.1, 0.15) is 5.56 Å². The van der Waals surface area contributed by atoms with Crippen LogP contribution in [0.25, 0.3) is 22.2 Å². The van der Waals surface area contributed by atoms with Gasteiger partial charge in [-0.3, -0.25) is 9.59 Å². The number of hydrogen-bond acceptors (Lipinski definition) is 2. The van der Waals surface area contributed by atoms with E-state index >= 15 is 0 Å². The Morgan fingerprint density at radius 1 is 0.966 bits per heavy atom. The van der Waals surface area contributed by atoms with Crippen LogP contribution in [0.3, 0.4) is 0 Å². The van der Waals surface area contributed by atoms with E-state index in [2.05, 4.69) is 11.5 Å². The van der Waals surface area contributed by atoms with E-state index in [9.17, 15) is 9.59 Å². The van der Waals surface area contributed by atoms with Gasteiger partial charge in [-0.2, -0.15) is 4.57 Å². The number of fused-ring (bicyclic) bond motifs is 1. The summed E-state index contributed by atoms with van der Waals surface area (Å²) >= 11 is 0. The Hall–Kier alpha value is -3.73. The minimum absolute atomic E-state index is 0.0149. The molecule has 0 atom stereocenters. The van der Waals surface area contributed by atoms with Crippen LogP contribution >= 0.6 is 0 Å². The minimum Gasteiger partial charge on any atom is -0.365 e. The van der Waals surface area contributed by atoms with E-state index in [1.807, 2.05) is 54.6 Å². The fourth-order valence-electron chi connectivity index (χ4n) is 3.82. The second-order valence-corrected chi connectivity index (χ2v) is 6.90. The molecule has 0 unspecified atom stereocenters. The van der Waals surface area contributed by atoms with Crippen LogP contribution in [0.15, 0.2) is 79.1 Å². The molecule has 5 nitrogen and oxygen atoms in total. The fraction of sp³-hybridized carbons (Fsp3) is 0.125. The van der Waals surface area contributed by atoms with Crippen molar-refractivity contribution in [3.05, 3.63) is 90.3 Å². The molecule has 0 aliphatic rings. The van der Waals surface area contributed by atoms with Crippen molar-refractivity contribution in [2.75, 3.05) is 0 Å². The number of nitrogens with zero attached hydrogens (tertiary/aromatic N) is 2. The summed E-state index contributed by atoms with van der Waals surface area (Å²) in [5.41, 5.74) is 9.42. The fourth-order valence-corrected chi connectivity index (χ4v) is 3.82. The van der Waals surface area contributed by atoms with Crippen molar-refractivity contribution in [1.82, 2.24) is 4.57 Å².